The molecule has 1 aliphatic heterocycles. The topological polar surface area (TPSA) is 89.9 Å². The Labute approximate surface area is 188 Å². The number of rotatable bonds is 5. The van der Waals surface area contributed by atoms with Crippen LogP contribution >= 0.6 is 11.6 Å². The second-order valence-electron chi connectivity index (χ2n) is 6.77. The smallest absolute Gasteiger partial charge is 0.274 e. The molecule has 1 aromatic heterocycles. The standard InChI is InChI=1S/C18H16ClF2N3O4.C3H8O/c1-23-5-6-24-8-10(15(25)16(28-2)14(24)18(23)27)17(26)22-7-9-3-4-11(20)12(19)13(9)21;1-3-4-2/h3-4,8H,5-7H2,1-2H3,(H,22,26);3H2,1-2H3. The molecule has 2 aromatic rings. The van der Waals surface area contributed by atoms with Crippen molar-refractivity contribution in [2.75, 3.05) is 34.4 Å². The summed E-state index contributed by atoms with van der Waals surface area (Å²) in [5.41, 5.74) is -0.991. The maximum Gasteiger partial charge on any atom is 0.274 e. The third-order valence-corrected chi connectivity index (χ3v) is 5.10. The first kappa shape index (κ1) is 25.3. The number of amides is 2. The first-order valence-corrected chi connectivity index (χ1v) is 10.0. The maximum absolute atomic E-state index is 14.0. The summed E-state index contributed by atoms with van der Waals surface area (Å²) in [6, 6.07) is 2.12. The van der Waals surface area contributed by atoms with Crippen LogP contribution in [-0.2, 0) is 17.8 Å². The van der Waals surface area contributed by atoms with Gasteiger partial charge >= 0.3 is 0 Å². The van der Waals surface area contributed by atoms with Crippen LogP contribution in [0.2, 0.25) is 5.02 Å². The highest BCUT2D eigenvalue weighted by Crippen LogP contribution is 2.22. The number of pyridine rings is 1. The Balaban J connectivity index is 0.000000837. The van der Waals surface area contributed by atoms with Gasteiger partial charge in [-0.2, -0.15) is 0 Å². The van der Waals surface area contributed by atoms with Crippen LogP contribution in [0, 0.1) is 11.6 Å². The average molecular weight is 472 g/mol. The summed E-state index contributed by atoms with van der Waals surface area (Å²) in [7, 11) is 4.51. The van der Waals surface area contributed by atoms with E-state index in [9.17, 15) is 23.2 Å². The lowest BCUT2D eigenvalue weighted by molar-refractivity contribution is 0.0739. The molecule has 3 rings (SSSR count). The Morgan fingerprint density at radius 2 is 1.88 bits per heavy atom. The van der Waals surface area contributed by atoms with Crippen molar-refractivity contribution in [1.82, 2.24) is 14.8 Å². The van der Waals surface area contributed by atoms with Gasteiger partial charge in [0.15, 0.2) is 11.4 Å². The second-order valence-corrected chi connectivity index (χ2v) is 7.15. The molecule has 2 amide bonds. The van der Waals surface area contributed by atoms with E-state index < -0.39 is 33.9 Å². The van der Waals surface area contributed by atoms with E-state index in [1.165, 1.54) is 22.8 Å². The van der Waals surface area contributed by atoms with Crippen LogP contribution in [0.15, 0.2) is 23.1 Å². The van der Waals surface area contributed by atoms with E-state index in [-0.39, 0.29) is 29.1 Å². The number of carbonyl (C=O) groups is 2. The summed E-state index contributed by atoms with van der Waals surface area (Å²) < 4.78 is 38.3. The van der Waals surface area contributed by atoms with Crippen LogP contribution in [-0.4, -0.2) is 55.7 Å². The Bertz CT molecular complexity index is 1070. The van der Waals surface area contributed by atoms with Gasteiger partial charge in [0.05, 0.1) is 7.11 Å². The summed E-state index contributed by atoms with van der Waals surface area (Å²) >= 11 is 5.52. The van der Waals surface area contributed by atoms with Crippen LogP contribution in [0.4, 0.5) is 8.78 Å². The molecular formula is C21H24ClF2N3O5. The van der Waals surface area contributed by atoms with Gasteiger partial charge in [0.25, 0.3) is 11.8 Å². The molecule has 8 nitrogen and oxygen atoms in total. The fraction of sp³-hybridized carbons (Fsp3) is 0.381. The molecule has 0 saturated carbocycles. The quantitative estimate of drug-likeness (QED) is 0.677. The van der Waals surface area contributed by atoms with E-state index in [0.717, 1.165) is 18.7 Å². The third kappa shape index (κ3) is 5.25. The molecule has 0 spiro atoms. The molecule has 1 N–H and O–H groups in total. The van der Waals surface area contributed by atoms with Crippen LogP contribution < -0.4 is 15.5 Å². The van der Waals surface area contributed by atoms with Gasteiger partial charge in [-0.3, -0.25) is 14.4 Å². The van der Waals surface area contributed by atoms with Gasteiger partial charge in [-0.05, 0) is 13.0 Å². The summed E-state index contributed by atoms with van der Waals surface area (Å²) in [6.45, 7) is 3.24. The first-order valence-electron chi connectivity index (χ1n) is 9.64. The molecule has 0 radical (unpaired) electrons. The Morgan fingerprint density at radius 3 is 2.47 bits per heavy atom. The minimum absolute atomic E-state index is 0.0402. The normalized spacial score (nSPS) is 12.6. The summed E-state index contributed by atoms with van der Waals surface area (Å²) in [6.07, 6.45) is 1.27. The summed E-state index contributed by atoms with van der Waals surface area (Å²) in [5, 5.41) is 1.72. The zero-order chi connectivity index (χ0) is 24.0. The van der Waals surface area contributed by atoms with Gasteiger partial charge in [0.1, 0.15) is 22.2 Å². The molecule has 32 heavy (non-hydrogen) atoms. The molecule has 0 bridgehead atoms. The van der Waals surface area contributed by atoms with Crippen molar-refractivity contribution in [2.45, 2.75) is 20.0 Å². The number of aromatic nitrogens is 1. The Kier molecular flexibility index (Phi) is 8.73. The molecule has 0 atom stereocenters. The van der Waals surface area contributed by atoms with Crippen LogP contribution in [0.25, 0.3) is 0 Å². The van der Waals surface area contributed by atoms with Crippen molar-refractivity contribution in [1.29, 1.82) is 0 Å². The van der Waals surface area contributed by atoms with Gasteiger partial charge in [0, 0.05) is 52.2 Å². The monoisotopic (exact) mass is 471 g/mol. The fourth-order valence-electron chi connectivity index (χ4n) is 2.90. The highest BCUT2D eigenvalue weighted by molar-refractivity contribution is 6.30. The van der Waals surface area contributed by atoms with Crippen LogP contribution in [0.1, 0.15) is 33.3 Å². The molecule has 0 saturated heterocycles. The van der Waals surface area contributed by atoms with Crippen molar-refractivity contribution < 1.29 is 27.8 Å². The number of likely N-dealkylation sites (N-methyl/N-ethyl adjacent to an activating group) is 1. The predicted octanol–water partition coefficient (Wildman–Crippen LogP) is 2.46. The highest BCUT2D eigenvalue weighted by atomic mass is 35.5. The molecule has 0 aliphatic carbocycles. The van der Waals surface area contributed by atoms with E-state index in [1.54, 1.807) is 14.2 Å². The Hall–Kier alpha value is -2.98. The highest BCUT2D eigenvalue weighted by Gasteiger charge is 2.29. The lowest BCUT2D eigenvalue weighted by atomic mass is 10.1. The maximum atomic E-state index is 14.0. The van der Waals surface area contributed by atoms with E-state index in [1.807, 2.05) is 6.92 Å². The molecular weight excluding hydrogens is 448 g/mol. The number of methoxy groups -OCH3 is 2. The first-order chi connectivity index (χ1) is 15.2. The lowest BCUT2D eigenvalue weighted by Crippen LogP contribution is -2.41. The van der Waals surface area contributed by atoms with Crippen molar-refractivity contribution in [3.05, 3.63) is 62.0 Å². The van der Waals surface area contributed by atoms with Gasteiger partial charge in [-0.1, -0.05) is 17.7 Å². The summed E-state index contributed by atoms with van der Waals surface area (Å²) in [4.78, 5) is 38.9. The number of benzene rings is 1. The number of ether oxygens (including phenoxy) is 2. The van der Waals surface area contributed by atoms with Gasteiger partial charge in [0.2, 0.25) is 5.43 Å². The number of hydrogen-bond donors (Lipinski definition) is 1. The third-order valence-electron chi connectivity index (χ3n) is 4.76. The minimum atomic E-state index is -0.990. The van der Waals surface area contributed by atoms with Gasteiger partial charge in [-0.25, -0.2) is 8.78 Å². The zero-order valence-corrected chi connectivity index (χ0v) is 18.9. The van der Waals surface area contributed by atoms with Crippen molar-refractivity contribution >= 4 is 23.4 Å². The van der Waals surface area contributed by atoms with Gasteiger partial charge in [-0.15, -0.1) is 0 Å². The fourth-order valence-corrected chi connectivity index (χ4v) is 3.08. The predicted molar refractivity (Wildman–Crippen MR) is 114 cm³/mol. The average Bonchev–Trinajstić information content (AvgIpc) is 2.79. The molecule has 1 aromatic carbocycles. The zero-order valence-electron chi connectivity index (χ0n) is 18.1. The SMILES string of the molecule is CCOC.COc1c2n(cc(C(=O)NCc3ccc(F)c(Cl)c3F)c1=O)CCN(C)C2=O. The van der Waals surface area contributed by atoms with E-state index >= 15 is 0 Å². The number of fused-ring (bicyclic) bond motifs is 1. The minimum Gasteiger partial charge on any atom is -0.491 e. The van der Waals surface area contributed by atoms with E-state index in [2.05, 4.69) is 10.1 Å². The molecule has 2 heterocycles. The van der Waals surface area contributed by atoms with Crippen molar-refractivity contribution in [2.24, 2.45) is 0 Å². The number of carbonyl (C=O) groups excluding carboxylic acids is 2. The van der Waals surface area contributed by atoms with Crippen LogP contribution in [0.3, 0.4) is 0 Å². The van der Waals surface area contributed by atoms with Crippen LogP contribution in [0.5, 0.6) is 5.75 Å². The molecule has 0 fully saturated rings. The molecule has 174 valence electrons. The van der Waals surface area contributed by atoms with Gasteiger partial charge < -0.3 is 24.3 Å². The molecule has 11 heteroatoms. The lowest BCUT2D eigenvalue weighted by Gasteiger charge is -2.28. The second kappa shape index (κ2) is 11.1. The summed E-state index contributed by atoms with van der Waals surface area (Å²) in [5.74, 6) is -3.32. The largest absolute Gasteiger partial charge is 0.491 e. The Morgan fingerprint density at radius 1 is 1.22 bits per heavy atom. The van der Waals surface area contributed by atoms with Crippen molar-refractivity contribution in [3.63, 3.8) is 0 Å². The number of nitrogens with zero attached hydrogens (tertiary/aromatic N) is 2. The molecule has 0 unspecified atom stereocenters. The number of halogens is 3. The number of hydrogen-bond acceptors (Lipinski definition) is 5. The molecule has 1 aliphatic rings. The number of nitrogens with one attached hydrogen (secondary N) is 1. The van der Waals surface area contributed by atoms with E-state index in [4.69, 9.17) is 16.3 Å². The van der Waals surface area contributed by atoms with E-state index in [0.29, 0.717) is 13.1 Å². The van der Waals surface area contributed by atoms with Crippen molar-refractivity contribution in [3.8, 4) is 5.75 Å².